The molecule has 0 spiro atoms. The molecule has 30 heavy (non-hydrogen) atoms. The minimum atomic E-state index is 0.644. The number of aryl methyl sites for hydroxylation is 2. The van der Waals surface area contributed by atoms with Crippen LogP contribution in [0, 0.1) is 11.3 Å². The molecular weight excluding hydrogens is 370 g/mol. The molecule has 0 aliphatic carbocycles. The van der Waals surface area contributed by atoms with Crippen LogP contribution in [0.2, 0.25) is 0 Å². The van der Waals surface area contributed by atoms with Gasteiger partial charge in [-0.15, -0.1) is 0 Å². The van der Waals surface area contributed by atoms with E-state index in [0.717, 1.165) is 35.6 Å². The zero-order valence-corrected chi connectivity index (χ0v) is 16.7. The van der Waals surface area contributed by atoms with Crippen molar-refractivity contribution in [1.29, 1.82) is 5.26 Å². The van der Waals surface area contributed by atoms with Gasteiger partial charge >= 0.3 is 0 Å². The molecule has 0 amide bonds. The molecule has 0 aliphatic rings. The number of anilines is 1. The van der Waals surface area contributed by atoms with Crippen LogP contribution in [0.5, 0.6) is 0 Å². The summed E-state index contributed by atoms with van der Waals surface area (Å²) in [4.78, 5) is 9.04. The lowest BCUT2D eigenvalue weighted by atomic mass is 10.1. The summed E-state index contributed by atoms with van der Waals surface area (Å²) in [5.41, 5.74) is 5.29. The molecule has 148 valence electrons. The van der Waals surface area contributed by atoms with Crippen LogP contribution in [-0.2, 0) is 25.9 Å². The minimum absolute atomic E-state index is 0.644. The molecule has 2 aromatic heterocycles. The first kappa shape index (κ1) is 19.4. The van der Waals surface area contributed by atoms with Gasteiger partial charge in [0.25, 0.3) is 0 Å². The molecule has 2 heterocycles. The van der Waals surface area contributed by atoms with E-state index in [1.807, 2.05) is 55.0 Å². The van der Waals surface area contributed by atoms with Crippen LogP contribution < -0.4 is 5.32 Å². The third kappa shape index (κ3) is 5.12. The van der Waals surface area contributed by atoms with E-state index in [1.54, 1.807) is 0 Å². The van der Waals surface area contributed by atoms with Gasteiger partial charge in [-0.1, -0.05) is 48.5 Å². The van der Waals surface area contributed by atoms with Gasteiger partial charge in [-0.05, 0) is 48.2 Å². The maximum atomic E-state index is 8.94. The van der Waals surface area contributed by atoms with E-state index in [2.05, 4.69) is 51.3 Å². The van der Waals surface area contributed by atoms with E-state index in [0.29, 0.717) is 18.7 Å². The van der Waals surface area contributed by atoms with Gasteiger partial charge in [0.05, 0.1) is 30.2 Å². The van der Waals surface area contributed by atoms with Gasteiger partial charge in [0.15, 0.2) is 0 Å². The van der Waals surface area contributed by atoms with Crippen LogP contribution in [-0.4, -0.2) is 14.5 Å². The second-order valence-corrected chi connectivity index (χ2v) is 7.17. The fourth-order valence-corrected chi connectivity index (χ4v) is 3.33. The summed E-state index contributed by atoms with van der Waals surface area (Å²) in [5.74, 6) is 0.867. The summed E-state index contributed by atoms with van der Waals surface area (Å²) < 4.78 is 2.10. The average Bonchev–Trinajstić information content (AvgIpc) is 3.25. The Balaban J connectivity index is 1.36. The molecule has 4 rings (SSSR count). The summed E-state index contributed by atoms with van der Waals surface area (Å²) >= 11 is 0. The highest BCUT2D eigenvalue weighted by Crippen LogP contribution is 2.12. The van der Waals surface area contributed by atoms with Crippen LogP contribution in [0.3, 0.4) is 0 Å². The molecule has 5 heteroatoms. The van der Waals surface area contributed by atoms with Crippen molar-refractivity contribution in [3.63, 3.8) is 0 Å². The lowest BCUT2D eigenvalue weighted by molar-refractivity contribution is 0.748. The number of aromatic nitrogens is 3. The van der Waals surface area contributed by atoms with Crippen LogP contribution in [0.4, 0.5) is 5.82 Å². The van der Waals surface area contributed by atoms with Gasteiger partial charge in [-0.3, -0.25) is 0 Å². The number of nitrogens with zero attached hydrogens (tertiary/aromatic N) is 4. The van der Waals surface area contributed by atoms with Gasteiger partial charge in [0, 0.05) is 18.4 Å². The smallest absolute Gasteiger partial charge is 0.126 e. The normalized spacial score (nSPS) is 10.5. The first-order valence-electron chi connectivity index (χ1n) is 10.0. The van der Waals surface area contributed by atoms with Crippen molar-refractivity contribution in [1.82, 2.24) is 14.5 Å². The molecule has 0 saturated heterocycles. The first-order valence-corrected chi connectivity index (χ1v) is 10.0. The van der Waals surface area contributed by atoms with Crippen molar-refractivity contribution < 1.29 is 0 Å². The zero-order valence-electron chi connectivity index (χ0n) is 16.7. The second-order valence-electron chi connectivity index (χ2n) is 7.17. The Kier molecular flexibility index (Phi) is 6.16. The monoisotopic (exact) mass is 393 g/mol. The fraction of sp³-hybridized carbons (Fsp3) is 0.160. The van der Waals surface area contributed by atoms with Gasteiger partial charge < -0.3 is 9.88 Å². The lowest BCUT2D eigenvalue weighted by Crippen LogP contribution is -2.09. The van der Waals surface area contributed by atoms with Crippen LogP contribution >= 0.6 is 0 Å². The summed E-state index contributed by atoms with van der Waals surface area (Å²) in [6.07, 6.45) is 5.60. The molecule has 0 aliphatic heterocycles. The SMILES string of the molecule is N#Cc1ccc(Cn2cncc2CNc2cccc(CCc3ccccc3)n2)cc1. The van der Waals surface area contributed by atoms with E-state index in [4.69, 9.17) is 10.2 Å². The Bertz CT molecular complexity index is 1120. The maximum absolute atomic E-state index is 8.94. The van der Waals surface area contributed by atoms with Crippen LogP contribution in [0.1, 0.15) is 28.1 Å². The number of rotatable bonds is 8. The molecular formula is C25H23N5. The van der Waals surface area contributed by atoms with Gasteiger partial charge in [-0.25, -0.2) is 9.97 Å². The summed E-state index contributed by atoms with van der Waals surface area (Å²) in [6, 6.07) is 26.4. The van der Waals surface area contributed by atoms with Crippen LogP contribution in [0.25, 0.3) is 0 Å². The van der Waals surface area contributed by atoms with Crippen molar-refractivity contribution in [2.75, 3.05) is 5.32 Å². The zero-order chi connectivity index (χ0) is 20.6. The molecule has 2 aromatic carbocycles. The molecule has 0 saturated carbocycles. The molecule has 0 atom stereocenters. The molecule has 0 fully saturated rings. The molecule has 5 nitrogen and oxygen atoms in total. The highest BCUT2D eigenvalue weighted by atomic mass is 15.1. The molecule has 0 unspecified atom stereocenters. The average molecular weight is 393 g/mol. The van der Waals surface area contributed by atoms with Crippen molar-refractivity contribution >= 4 is 5.82 Å². The van der Waals surface area contributed by atoms with Gasteiger partial charge in [-0.2, -0.15) is 5.26 Å². The number of nitrogens with one attached hydrogen (secondary N) is 1. The highest BCUT2D eigenvalue weighted by Gasteiger charge is 2.05. The summed E-state index contributed by atoms with van der Waals surface area (Å²) in [6.45, 7) is 1.36. The lowest BCUT2D eigenvalue weighted by Gasteiger charge is -2.11. The van der Waals surface area contributed by atoms with Crippen molar-refractivity contribution in [2.45, 2.75) is 25.9 Å². The number of imidazole rings is 1. The summed E-state index contributed by atoms with van der Waals surface area (Å²) in [7, 11) is 0. The van der Waals surface area contributed by atoms with Crippen molar-refractivity contribution in [3.05, 3.63) is 113 Å². The Hall–Kier alpha value is -3.91. The summed E-state index contributed by atoms with van der Waals surface area (Å²) in [5, 5.41) is 12.4. The van der Waals surface area contributed by atoms with E-state index in [1.165, 1.54) is 5.56 Å². The highest BCUT2D eigenvalue weighted by molar-refractivity contribution is 5.36. The quantitative estimate of drug-likeness (QED) is 0.475. The number of pyridine rings is 1. The predicted molar refractivity (Wildman–Crippen MR) is 118 cm³/mol. The Morgan fingerprint density at radius 1 is 0.867 bits per heavy atom. The third-order valence-corrected chi connectivity index (χ3v) is 5.00. The van der Waals surface area contributed by atoms with E-state index < -0.39 is 0 Å². The number of hydrogen-bond acceptors (Lipinski definition) is 4. The molecule has 0 bridgehead atoms. The number of hydrogen-bond donors (Lipinski definition) is 1. The molecule has 4 aromatic rings. The first-order chi connectivity index (χ1) is 14.8. The second kappa shape index (κ2) is 9.53. The predicted octanol–water partition coefficient (Wildman–Crippen LogP) is 4.60. The van der Waals surface area contributed by atoms with E-state index >= 15 is 0 Å². The Morgan fingerprint density at radius 2 is 1.70 bits per heavy atom. The Labute approximate surface area is 176 Å². The molecule has 1 N–H and O–H groups in total. The van der Waals surface area contributed by atoms with E-state index in [-0.39, 0.29) is 0 Å². The van der Waals surface area contributed by atoms with Gasteiger partial charge in [0.1, 0.15) is 5.82 Å². The molecule has 0 radical (unpaired) electrons. The standard InChI is InChI=1S/C25H23N5/c26-15-21-9-11-22(12-10-21)18-30-19-27-16-24(30)17-28-25-8-4-7-23(29-25)14-13-20-5-2-1-3-6-20/h1-12,16,19H,13-14,17-18H2,(H,28,29). The maximum Gasteiger partial charge on any atom is 0.126 e. The van der Waals surface area contributed by atoms with Crippen molar-refractivity contribution in [3.8, 4) is 6.07 Å². The largest absolute Gasteiger partial charge is 0.364 e. The number of nitriles is 1. The topological polar surface area (TPSA) is 66.5 Å². The number of benzene rings is 2. The van der Waals surface area contributed by atoms with Crippen LogP contribution in [0.15, 0.2) is 85.3 Å². The van der Waals surface area contributed by atoms with E-state index in [9.17, 15) is 0 Å². The Morgan fingerprint density at radius 3 is 2.50 bits per heavy atom. The van der Waals surface area contributed by atoms with Crippen molar-refractivity contribution in [2.24, 2.45) is 0 Å². The van der Waals surface area contributed by atoms with Gasteiger partial charge in [0.2, 0.25) is 0 Å². The fourth-order valence-electron chi connectivity index (χ4n) is 3.33. The third-order valence-electron chi connectivity index (χ3n) is 5.00. The minimum Gasteiger partial charge on any atom is -0.364 e.